The Hall–Kier alpha value is -3.62. The number of hydrogen-bond donors (Lipinski definition) is 3. The largest absolute Gasteiger partial charge is 0.433 e. The average molecular weight is 510 g/mol. The Morgan fingerprint density at radius 3 is 2.68 bits per heavy atom. The number of nitrogens with zero attached hydrogens (tertiary/aromatic N) is 2. The maximum atomic E-state index is 13.5. The molecule has 2 atom stereocenters. The van der Waals surface area contributed by atoms with E-state index in [0.717, 1.165) is 60.6 Å². The van der Waals surface area contributed by atoms with Gasteiger partial charge in [0.15, 0.2) is 0 Å². The molecule has 2 aromatic heterocycles. The van der Waals surface area contributed by atoms with Gasteiger partial charge in [-0.1, -0.05) is 25.1 Å². The number of rotatable bonds is 6. The first kappa shape index (κ1) is 25.0. The molecule has 2 aromatic carbocycles. The van der Waals surface area contributed by atoms with Crippen molar-refractivity contribution in [2.45, 2.75) is 70.6 Å². The Bertz CT molecular complexity index is 1450. The number of aryl methyl sites for hydroxylation is 2. The van der Waals surface area contributed by atoms with Gasteiger partial charge in [0.05, 0.1) is 16.6 Å². The van der Waals surface area contributed by atoms with Crippen molar-refractivity contribution >= 4 is 33.5 Å². The van der Waals surface area contributed by atoms with Crippen molar-refractivity contribution in [2.75, 3.05) is 5.32 Å². The number of alkyl halides is 3. The summed E-state index contributed by atoms with van der Waals surface area (Å²) in [5.41, 5.74) is 3.04. The molecule has 5 rings (SSSR count). The van der Waals surface area contributed by atoms with Crippen LogP contribution in [-0.4, -0.2) is 32.9 Å². The molecule has 6 nitrogen and oxygen atoms in total. The van der Waals surface area contributed by atoms with Crippen LogP contribution in [0.2, 0.25) is 0 Å². The molecule has 9 heteroatoms. The van der Waals surface area contributed by atoms with E-state index in [1.165, 1.54) is 0 Å². The van der Waals surface area contributed by atoms with E-state index in [0.29, 0.717) is 28.6 Å². The zero-order chi connectivity index (χ0) is 26.2. The average Bonchev–Trinajstić information content (AvgIpc) is 3.27. The van der Waals surface area contributed by atoms with Gasteiger partial charge >= 0.3 is 6.18 Å². The van der Waals surface area contributed by atoms with Crippen LogP contribution >= 0.6 is 0 Å². The smallest absolute Gasteiger partial charge is 0.382 e. The van der Waals surface area contributed by atoms with E-state index in [-0.39, 0.29) is 18.0 Å². The second-order valence-electron chi connectivity index (χ2n) is 9.87. The first-order valence-corrected chi connectivity index (χ1v) is 12.7. The van der Waals surface area contributed by atoms with Gasteiger partial charge in [-0.3, -0.25) is 4.79 Å². The predicted octanol–water partition coefficient (Wildman–Crippen LogP) is 6.54. The van der Waals surface area contributed by atoms with Crippen molar-refractivity contribution < 1.29 is 18.0 Å². The molecule has 0 bridgehead atoms. The number of carbonyl (C=O) groups is 1. The number of benzene rings is 2. The number of nitrogens with one attached hydrogen (secondary N) is 3. The molecule has 1 saturated carbocycles. The summed E-state index contributed by atoms with van der Waals surface area (Å²) in [6.07, 6.45) is 0.408. The number of pyridine rings is 1. The normalized spacial score (nSPS) is 18.3. The Balaban J connectivity index is 1.31. The fourth-order valence-corrected chi connectivity index (χ4v) is 5.21. The van der Waals surface area contributed by atoms with E-state index in [9.17, 15) is 18.0 Å². The zero-order valence-corrected chi connectivity index (χ0v) is 20.9. The SMILES string of the molecule is CCCc1nc2c(C)cc(C(=O)N[C@@H]3CCC[C@H](Nc4cc(C(F)(F)F)nc5ccccc45)C3)cc2[nH]1. The number of fused-ring (bicyclic) bond motifs is 2. The van der Waals surface area contributed by atoms with Crippen LogP contribution in [0.4, 0.5) is 18.9 Å². The van der Waals surface area contributed by atoms with Crippen LogP contribution in [-0.2, 0) is 12.6 Å². The van der Waals surface area contributed by atoms with Gasteiger partial charge in [-0.2, -0.15) is 13.2 Å². The molecule has 0 radical (unpaired) electrons. The number of H-pyrrole nitrogens is 1. The fourth-order valence-electron chi connectivity index (χ4n) is 5.21. The van der Waals surface area contributed by atoms with Crippen LogP contribution in [0.25, 0.3) is 21.9 Å². The van der Waals surface area contributed by atoms with Crippen LogP contribution in [0, 0.1) is 6.92 Å². The third-order valence-corrected chi connectivity index (χ3v) is 6.95. The summed E-state index contributed by atoms with van der Waals surface area (Å²) < 4.78 is 40.4. The zero-order valence-electron chi connectivity index (χ0n) is 20.9. The summed E-state index contributed by atoms with van der Waals surface area (Å²) in [6, 6.07) is 11.4. The molecule has 1 amide bonds. The lowest BCUT2D eigenvalue weighted by molar-refractivity contribution is -0.140. The summed E-state index contributed by atoms with van der Waals surface area (Å²) in [6.45, 7) is 4.04. The molecule has 1 aliphatic carbocycles. The number of aromatic amines is 1. The van der Waals surface area contributed by atoms with Gasteiger partial charge in [-0.15, -0.1) is 0 Å². The van der Waals surface area contributed by atoms with E-state index >= 15 is 0 Å². The molecule has 3 N–H and O–H groups in total. The highest BCUT2D eigenvalue weighted by molar-refractivity contribution is 5.98. The topological polar surface area (TPSA) is 82.7 Å². The summed E-state index contributed by atoms with van der Waals surface area (Å²) in [7, 11) is 0. The van der Waals surface area contributed by atoms with Crippen molar-refractivity contribution in [1.29, 1.82) is 0 Å². The number of anilines is 1. The molecular weight excluding hydrogens is 479 g/mol. The Kier molecular flexibility index (Phi) is 6.79. The Morgan fingerprint density at radius 2 is 1.89 bits per heavy atom. The fraction of sp³-hybridized carbons (Fsp3) is 0.393. The Morgan fingerprint density at radius 1 is 1.11 bits per heavy atom. The lowest BCUT2D eigenvalue weighted by atomic mass is 9.90. The number of hydrogen-bond acceptors (Lipinski definition) is 4. The summed E-state index contributed by atoms with van der Waals surface area (Å²) >= 11 is 0. The molecule has 194 valence electrons. The molecule has 0 aliphatic heterocycles. The highest BCUT2D eigenvalue weighted by atomic mass is 19.4. The molecule has 0 spiro atoms. The van der Waals surface area contributed by atoms with Crippen LogP contribution < -0.4 is 10.6 Å². The van der Waals surface area contributed by atoms with Crippen molar-refractivity contribution in [1.82, 2.24) is 20.3 Å². The van der Waals surface area contributed by atoms with E-state index in [4.69, 9.17) is 0 Å². The second kappa shape index (κ2) is 10.0. The van der Waals surface area contributed by atoms with Crippen LogP contribution in [0.15, 0.2) is 42.5 Å². The first-order chi connectivity index (χ1) is 17.7. The lowest BCUT2D eigenvalue weighted by Crippen LogP contribution is -2.41. The van der Waals surface area contributed by atoms with Crippen LogP contribution in [0.5, 0.6) is 0 Å². The first-order valence-electron chi connectivity index (χ1n) is 12.7. The number of para-hydroxylation sites is 1. The van der Waals surface area contributed by atoms with Gasteiger partial charge in [-0.25, -0.2) is 9.97 Å². The second-order valence-corrected chi connectivity index (χ2v) is 9.87. The Labute approximate surface area is 213 Å². The van der Waals surface area contributed by atoms with Crippen molar-refractivity contribution in [2.24, 2.45) is 0 Å². The summed E-state index contributed by atoms with van der Waals surface area (Å²) in [5, 5.41) is 7.11. The molecule has 2 heterocycles. The number of imidazole rings is 1. The van der Waals surface area contributed by atoms with Gasteiger partial charge < -0.3 is 15.6 Å². The number of carbonyl (C=O) groups excluding carboxylic acids is 1. The van der Waals surface area contributed by atoms with Crippen molar-refractivity contribution in [3.63, 3.8) is 0 Å². The minimum atomic E-state index is -4.53. The molecule has 4 aromatic rings. The maximum Gasteiger partial charge on any atom is 0.433 e. The lowest BCUT2D eigenvalue weighted by Gasteiger charge is -2.31. The van der Waals surface area contributed by atoms with Crippen molar-refractivity contribution in [3.05, 3.63) is 65.1 Å². The molecule has 37 heavy (non-hydrogen) atoms. The standard InChI is InChI=1S/C28H30F3N5O/c1-3-7-25-35-23-13-17(12-16(2)26(23)36-25)27(37)33-19-9-6-8-18(14-19)32-22-15-24(28(29,30)31)34-21-11-5-4-10-20(21)22/h4-5,10-13,15,18-19H,3,6-9,14H2,1-2H3,(H,32,34)(H,33,37)(H,35,36)/t18-,19+/m0/s1. The minimum absolute atomic E-state index is 0.0700. The van der Waals surface area contributed by atoms with E-state index in [2.05, 4.69) is 32.5 Å². The van der Waals surface area contributed by atoms with E-state index in [1.54, 1.807) is 24.3 Å². The van der Waals surface area contributed by atoms with Gasteiger partial charge in [0.2, 0.25) is 0 Å². The van der Waals surface area contributed by atoms with Crippen LogP contribution in [0.1, 0.15) is 66.5 Å². The summed E-state index contributed by atoms with van der Waals surface area (Å²) in [5.74, 6) is 0.757. The third-order valence-electron chi connectivity index (χ3n) is 6.95. The van der Waals surface area contributed by atoms with Gasteiger partial charge in [-0.05, 0) is 68.9 Å². The van der Waals surface area contributed by atoms with Gasteiger partial charge in [0.25, 0.3) is 5.91 Å². The van der Waals surface area contributed by atoms with E-state index in [1.807, 2.05) is 19.1 Å². The molecule has 1 aliphatic rings. The third kappa shape index (κ3) is 5.40. The van der Waals surface area contributed by atoms with Gasteiger partial charge in [0, 0.05) is 35.1 Å². The number of halogens is 3. The van der Waals surface area contributed by atoms with E-state index < -0.39 is 11.9 Å². The maximum absolute atomic E-state index is 13.5. The number of aromatic nitrogens is 3. The monoisotopic (exact) mass is 509 g/mol. The summed E-state index contributed by atoms with van der Waals surface area (Å²) in [4.78, 5) is 24.9. The highest BCUT2D eigenvalue weighted by Crippen LogP contribution is 2.34. The minimum Gasteiger partial charge on any atom is -0.382 e. The molecule has 1 fully saturated rings. The molecule has 0 unspecified atom stereocenters. The highest BCUT2D eigenvalue weighted by Gasteiger charge is 2.34. The van der Waals surface area contributed by atoms with Crippen LogP contribution in [0.3, 0.4) is 0 Å². The van der Waals surface area contributed by atoms with Crippen molar-refractivity contribution in [3.8, 4) is 0 Å². The molecule has 0 saturated heterocycles. The quantitative estimate of drug-likeness (QED) is 0.276. The number of amides is 1. The van der Waals surface area contributed by atoms with Gasteiger partial charge in [0.1, 0.15) is 11.5 Å². The molecular formula is C28H30F3N5O. The predicted molar refractivity (Wildman–Crippen MR) is 139 cm³/mol.